The zero-order valence-electron chi connectivity index (χ0n) is 9.72. The first-order chi connectivity index (χ1) is 7.79. The number of aryl methyl sites for hydroxylation is 1. The number of ketones is 1. The van der Waals surface area contributed by atoms with E-state index in [0.717, 1.165) is 37.6 Å². The largest absolute Gasteiger partial charge is 0.329 e. The van der Waals surface area contributed by atoms with Gasteiger partial charge in [0.2, 0.25) is 5.78 Å². The summed E-state index contributed by atoms with van der Waals surface area (Å²) in [6, 6.07) is 0. The Morgan fingerprint density at radius 1 is 1.44 bits per heavy atom. The van der Waals surface area contributed by atoms with Crippen LogP contribution >= 0.6 is 0 Å². The summed E-state index contributed by atoms with van der Waals surface area (Å²) >= 11 is 0. The molecule has 0 amide bonds. The van der Waals surface area contributed by atoms with E-state index in [1.54, 1.807) is 6.20 Å². The summed E-state index contributed by atoms with van der Waals surface area (Å²) in [7, 11) is 0. The molecule has 2 fully saturated rings. The summed E-state index contributed by atoms with van der Waals surface area (Å²) in [4.78, 5) is 16.5. The van der Waals surface area contributed by atoms with Crippen LogP contribution in [0.1, 0.15) is 43.2 Å². The number of hydrogen-bond donors (Lipinski definition) is 0. The SMILES string of the molecule is CCCn1ccnc1C(=O)C1CC2CC2C1. The lowest BCUT2D eigenvalue weighted by atomic mass is 9.98. The molecular weight excluding hydrogens is 200 g/mol. The molecule has 2 atom stereocenters. The molecule has 3 heteroatoms. The summed E-state index contributed by atoms with van der Waals surface area (Å²) in [5, 5.41) is 0. The Morgan fingerprint density at radius 2 is 2.19 bits per heavy atom. The normalized spacial score (nSPS) is 31.4. The van der Waals surface area contributed by atoms with Crippen LogP contribution in [0, 0.1) is 17.8 Å². The molecule has 16 heavy (non-hydrogen) atoms. The van der Waals surface area contributed by atoms with Crippen LogP contribution in [0.4, 0.5) is 0 Å². The number of nitrogens with zero attached hydrogens (tertiary/aromatic N) is 2. The first-order valence-corrected chi connectivity index (χ1v) is 6.35. The fraction of sp³-hybridized carbons (Fsp3) is 0.692. The lowest BCUT2D eigenvalue weighted by molar-refractivity contribution is 0.0899. The van der Waals surface area contributed by atoms with Crippen molar-refractivity contribution >= 4 is 5.78 Å². The van der Waals surface area contributed by atoms with E-state index in [0.29, 0.717) is 5.82 Å². The highest BCUT2D eigenvalue weighted by molar-refractivity contribution is 5.95. The number of aromatic nitrogens is 2. The van der Waals surface area contributed by atoms with Crippen LogP contribution in [0.25, 0.3) is 0 Å². The van der Waals surface area contributed by atoms with Crippen LogP contribution < -0.4 is 0 Å². The van der Waals surface area contributed by atoms with Gasteiger partial charge in [-0.05, 0) is 37.5 Å². The van der Waals surface area contributed by atoms with Crippen LogP contribution in [0.5, 0.6) is 0 Å². The maximum atomic E-state index is 12.3. The molecule has 0 aliphatic heterocycles. The summed E-state index contributed by atoms with van der Waals surface area (Å²) in [6.07, 6.45) is 8.32. The minimum absolute atomic E-state index is 0.266. The first-order valence-electron chi connectivity index (χ1n) is 6.35. The van der Waals surface area contributed by atoms with Crippen molar-refractivity contribution < 1.29 is 4.79 Å². The molecule has 0 radical (unpaired) electrons. The fourth-order valence-electron chi connectivity index (χ4n) is 3.07. The average Bonchev–Trinajstić information content (AvgIpc) is 2.74. The predicted molar refractivity (Wildman–Crippen MR) is 61.2 cm³/mol. The minimum Gasteiger partial charge on any atom is -0.329 e. The molecular formula is C13H18N2O. The third kappa shape index (κ3) is 1.58. The topological polar surface area (TPSA) is 34.9 Å². The summed E-state index contributed by atoms with van der Waals surface area (Å²) in [6.45, 7) is 3.03. The van der Waals surface area contributed by atoms with Gasteiger partial charge in [-0.15, -0.1) is 0 Å². The van der Waals surface area contributed by atoms with Crippen molar-refractivity contribution in [2.75, 3.05) is 0 Å². The number of carbonyl (C=O) groups excluding carboxylic acids is 1. The van der Waals surface area contributed by atoms with Gasteiger partial charge in [-0.2, -0.15) is 0 Å². The van der Waals surface area contributed by atoms with Gasteiger partial charge in [-0.1, -0.05) is 6.92 Å². The molecule has 3 nitrogen and oxygen atoms in total. The molecule has 0 bridgehead atoms. The highest BCUT2D eigenvalue weighted by Crippen LogP contribution is 2.54. The number of rotatable bonds is 4. The molecule has 86 valence electrons. The van der Waals surface area contributed by atoms with Crippen molar-refractivity contribution in [2.45, 2.75) is 39.2 Å². The molecule has 0 N–H and O–H groups in total. The van der Waals surface area contributed by atoms with Gasteiger partial charge in [-0.25, -0.2) is 4.98 Å². The Labute approximate surface area is 95.9 Å². The van der Waals surface area contributed by atoms with E-state index in [2.05, 4.69) is 11.9 Å². The van der Waals surface area contributed by atoms with Crippen molar-refractivity contribution in [1.82, 2.24) is 9.55 Å². The molecule has 0 spiro atoms. The molecule has 2 unspecified atom stereocenters. The van der Waals surface area contributed by atoms with Crippen molar-refractivity contribution in [2.24, 2.45) is 17.8 Å². The van der Waals surface area contributed by atoms with Crippen molar-refractivity contribution in [3.8, 4) is 0 Å². The lowest BCUT2D eigenvalue weighted by Crippen LogP contribution is -2.18. The van der Waals surface area contributed by atoms with Gasteiger partial charge in [0.05, 0.1) is 0 Å². The van der Waals surface area contributed by atoms with E-state index in [-0.39, 0.29) is 11.7 Å². The second-order valence-electron chi connectivity index (χ2n) is 5.23. The molecule has 1 aromatic rings. The Morgan fingerprint density at radius 3 is 2.88 bits per heavy atom. The van der Waals surface area contributed by atoms with Crippen molar-refractivity contribution in [1.29, 1.82) is 0 Å². The van der Waals surface area contributed by atoms with Gasteiger partial charge in [-0.3, -0.25) is 4.79 Å². The quantitative estimate of drug-likeness (QED) is 0.728. The van der Waals surface area contributed by atoms with Gasteiger partial charge in [0, 0.05) is 24.9 Å². The van der Waals surface area contributed by atoms with E-state index in [9.17, 15) is 4.79 Å². The Balaban J connectivity index is 1.75. The van der Waals surface area contributed by atoms with Crippen LogP contribution in [-0.2, 0) is 6.54 Å². The van der Waals surface area contributed by atoms with Crippen LogP contribution in [0.3, 0.4) is 0 Å². The van der Waals surface area contributed by atoms with Gasteiger partial charge in [0.15, 0.2) is 5.82 Å². The minimum atomic E-state index is 0.266. The van der Waals surface area contributed by atoms with E-state index >= 15 is 0 Å². The standard InChI is InChI=1S/C13H18N2O/c1-2-4-15-5-3-14-13(15)12(16)11-7-9-6-10(9)8-11/h3,5,9-11H,2,4,6-8H2,1H3. The molecule has 0 aromatic carbocycles. The van der Waals surface area contributed by atoms with Crippen molar-refractivity contribution in [3.05, 3.63) is 18.2 Å². The maximum Gasteiger partial charge on any atom is 0.201 e. The number of carbonyl (C=O) groups is 1. The Hall–Kier alpha value is -1.12. The molecule has 1 heterocycles. The summed E-state index contributed by atoms with van der Waals surface area (Å²) < 4.78 is 2.01. The Kier molecular flexibility index (Phi) is 2.34. The van der Waals surface area contributed by atoms with E-state index in [1.807, 2.05) is 10.8 Å². The third-order valence-corrected chi connectivity index (χ3v) is 4.01. The summed E-state index contributed by atoms with van der Waals surface area (Å²) in [5.74, 6) is 2.97. The van der Waals surface area contributed by atoms with Crippen LogP contribution in [0.2, 0.25) is 0 Å². The smallest absolute Gasteiger partial charge is 0.201 e. The van der Waals surface area contributed by atoms with Gasteiger partial charge in [0.25, 0.3) is 0 Å². The van der Waals surface area contributed by atoms with Crippen LogP contribution in [0.15, 0.2) is 12.4 Å². The Bertz CT molecular complexity index is 400. The maximum absolute atomic E-state index is 12.3. The zero-order valence-corrected chi connectivity index (χ0v) is 9.72. The van der Waals surface area contributed by atoms with E-state index in [1.165, 1.54) is 6.42 Å². The number of imidazole rings is 1. The molecule has 2 aliphatic carbocycles. The molecule has 0 saturated heterocycles. The monoisotopic (exact) mass is 218 g/mol. The predicted octanol–water partition coefficient (Wildman–Crippen LogP) is 2.52. The number of Topliss-reactive ketones (excluding diaryl/α,β-unsaturated/α-hetero) is 1. The average molecular weight is 218 g/mol. The van der Waals surface area contributed by atoms with E-state index in [4.69, 9.17) is 0 Å². The summed E-state index contributed by atoms with van der Waals surface area (Å²) in [5.41, 5.74) is 0. The zero-order chi connectivity index (χ0) is 11.1. The first kappa shape index (κ1) is 10.1. The lowest BCUT2D eigenvalue weighted by Gasteiger charge is -2.11. The number of fused-ring (bicyclic) bond motifs is 1. The second-order valence-corrected chi connectivity index (χ2v) is 5.23. The molecule has 2 aliphatic rings. The van der Waals surface area contributed by atoms with Crippen molar-refractivity contribution in [3.63, 3.8) is 0 Å². The van der Waals surface area contributed by atoms with E-state index < -0.39 is 0 Å². The molecule has 1 aromatic heterocycles. The molecule has 3 rings (SSSR count). The molecule has 2 saturated carbocycles. The number of hydrogen-bond acceptors (Lipinski definition) is 2. The highest BCUT2D eigenvalue weighted by Gasteiger charge is 2.48. The third-order valence-electron chi connectivity index (χ3n) is 4.01. The van der Waals surface area contributed by atoms with Gasteiger partial charge < -0.3 is 4.57 Å². The van der Waals surface area contributed by atoms with Crippen LogP contribution in [-0.4, -0.2) is 15.3 Å². The second kappa shape index (κ2) is 3.72. The van der Waals surface area contributed by atoms with Gasteiger partial charge >= 0.3 is 0 Å². The fourth-order valence-corrected chi connectivity index (χ4v) is 3.07. The van der Waals surface area contributed by atoms with Gasteiger partial charge in [0.1, 0.15) is 0 Å². The highest BCUT2D eigenvalue weighted by atomic mass is 16.1.